The van der Waals surface area contributed by atoms with E-state index in [4.69, 9.17) is 9.47 Å². The minimum Gasteiger partial charge on any atom is -0.497 e. The van der Waals surface area contributed by atoms with Gasteiger partial charge in [-0.05, 0) is 18.6 Å². The normalized spacial score (nSPS) is 17.3. The van der Waals surface area contributed by atoms with Crippen molar-refractivity contribution in [3.8, 4) is 5.75 Å². The highest BCUT2D eigenvalue weighted by Gasteiger charge is 2.37. The predicted molar refractivity (Wildman–Crippen MR) is 61.0 cm³/mol. The molecule has 1 N–H and O–H groups in total. The van der Waals surface area contributed by atoms with Crippen LogP contribution in [0.1, 0.15) is 18.4 Å². The minimum atomic E-state index is -0.865. The van der Waals surface area contributed by atoms with Crippen LogP contribution < -0.4 is 10.1 Å². The van der Waals surface area contributed by atoms with Gasteiger partial charge in [0.15, 0.2) is 5.92 Å². The predicted octanol–water partition coefficient (Wildman–Crippen LogP) is 1.29. The topological polar surface area (TPSA) is 64.6 Å². The number of hydrogen-bond donors (Lipinski definition) is 1. The number of ether oxygens (including phenoxy) is 2. The smallest absolute Gasteiger partial charge is 0.323 e. The largest absolute Gasteiger partial charge is 0.497 e. The second-order valence-corrected chi connectivity index (χ2v) is 3.63. The maximum absolute atomic E-state index is 11.7. The summed E-state index contributed by atoms with van der Waals surface area (Å²) in [6.07, 6.45) is 0. The number of esters is 1. The Bertz CT molecular complexity index is 470. The van der Waals surface area contributed by atoms with Crippen LogP contribution in [0.4, 0.5) is 5.69 Å². The number of anilines is 1. The van der Waals surface area contributed by atoms with Gasteiger partial charge in [-0.3, -0.25) is 9.59 Å². The molecule has 90 valence electrons. The molecule has 2 rings (SSSR count). The molecule has 1 heterocycles. The molecule has 0 spiro atoms. The maximum Gasteiger partial charge on any atom is 0.323 e. The lowest BCUT2D eigenvalue weighted by Crippen LogP contribution is -2.22. The Hall–Kier alpha value is -2.04. The van der Waals surface area contributed by atoms with Gasteiger partial charge in [-0.25, -0.2) is 0 Å². The Kier molecular flexibility index (Phi) is 2.99. The summed E-state index contributed by atoms with van der Waals surface area (Å²) >= 11 is 0. The summed E-state index contributed by atoms with van der Waals surface area (Å²) in [4.78, 5) is 23.4. The molecule has 1 amide bonds. The van der Waals surface area contributed by atoms with E-state index in [1.807, 2.05) is 0 Å². The monoisotopic (exact) mass is 235 g/mol. The van der Waals surface area contributed by atoms with Gasteiger partial charge in [0.05, 0.1) is 13.7 Å². The fourth-order valence-electron chi connectivity index (χ4n) is 1.83. The molecule has 0 radical (unpaired) electrons. The number of fused-ring (bicyclic) bond motifs is 1. The van der Waals surface area contributed by atoms with Crippen LogP contribution in [-0.4, -0.2) is 25.6 Å². The van der Waals surface area contributed by atoms with E-state index in [2.05, 4.69) is 5.32 Å². The van der Waals surface area contributed by atoms with Crippen LogP contribution in [0.5, 0.6) is 5.75 Å². The molecular formula is C12H13NO4. The van der Waals surface area contributed by atoms with Crippen molar-refractivity contribution in [2.75, 3.05) is 19.0 Å². The maximum atomic E-state index is 11.7. The van der Waals surface area contributed by atoms with Gasteiger partial charge in [0.25, 0.3) is 0 Å². The van der Waals surface area contributed by atoms with Gasteiger partial charge < -0.3 is 14.8 Å². The van der Waals surface area contributed by atoms with E-state index < -0.39 is 11.9 Å². The fraction of sp³-hybridized carbons (Fsp3) is 0.333. The third-order valence-corrected chi connectivity index (χ3v) is 2.61. The van der Waals surface area contributed by atoms with Crippen molar-refractivity contribution in [1.82, 2.24) is 0 Å². The van der Waals surface area contributed by atoms with Gasteiger partial charge in [0.2, 0.25) is 5.91 Å². The summed E-state index contributed by atoms with van der Waals surface area (Å²) in [7, 11) is 1.54. The van der Waals surface area contributed by atoms with E-state index in [-0.39, 0.29) is 12.5 Å². The number of benzene rings is 1. The van der Waals surface area contributed by atoms with Crippen molar-refractivity contribution in [3.05, 3.63) is 23.8 Å². The van der Waals surface area contributed by atoms with Gasteiger partial charge >= 0.3 is 5.97 Å². The summed E-state index contributed by atoms with van der Waals surface area (Å²) in [6, 6.07) is 5.10. The zero-order valence-corrected chi connectivity index (χ0v) is 9.65. The van der Waals surface area contributed by atoms with E-state index in [0.29, 0.717) is 17.0 Å². The van der Waals surface area contributed by atoms with Gasteiger partial charge in [0.1, 0.15) is 5.75 Å². The van der Waals surface area contributed by atoms with Crippen molar-refractivity contribution in [3.63, 3.8) is 0 Å². The van der Waals surface area contributed by atoms with Crippen LogP contribution in [-0.2, 0) is 14.3 Å². The van der Waals surface area contributed by atoms with Crippen LogP contribution in [0.3, 0.4) is 0 Å². The lowest BCUT2D eigenvalue weighted by Gasteiger charge is -2.08. The van der Waals surface area contributed by atoms with Crippen LogP contribution in [0.25, 0.3) is 0 Å². The Morgan fingerprint density at radius 2 is 2.24 bits per heavy atom. The molecule has 5 heteroatoms. The SMILES string of the molecule is CCOC(=O)C1C(=O)Nc2cc(OC)ccc21. The molecule has 0 saturated heterocycles. The van der Waals surface area contributed by atoms with E-state index >= 15 is 0 Å². The van der Waals surface area contributed by atoms with Gasteiger partial charge in [-0.15, -0.1) is 0 Å². The molecule has 17 heavy (non-hydrogen) atoms. The molecule has 1 aromatic carbocycles. The fourth-order valence-corrected chi connectivity index (χ4v) is 1.83. The average molecular weight is 235 g/mol. The number of amides is 1. The van der Waals surface area contributed by atoms with E-state index in [9.17, 15) is 9.59 Å². The van der Waals surface area contributed by atoms with Crippen LogP contribution in [0, 0.1) is 0 Å². The number of carbonyl (C=O) groups excluding carboxylic acids is 2. The molecule has 0 fully saturated rings. The first kappa shape index (κ1) is 11.4. The number of carbonyl (C=O) groups is 2. The molecule has 0 aliphatic carbocycles. The van der Waals surface area contributed by atoms with Crippen molar-refractivity contribution in [2.24, 2.45) is 0 Å². The quantitative estimate of drug-likeness (QED) is 0.633. The molecule has 0 aromatic heterocycles. The minimum absolute atomic E-state index is 0.258. The molecular weight excluding hydrogens is 222 g/mol. The molecule has 1 aliphatic rings. The first-order valence-corrected chi connectivity index (χ1v) is 5.32. The van der Waals surface area contributed by atoms with Crippen molar-refractivity contribution in [1.29, 1.82) is 0 Å². The Morgan fingerprint density at radius 1 is 1.47 bits per heavy atom. The van der Waals surface area contributed by atoms with E-state index in [1.54, 1.807) is 32.2 Å². The first-order chi connectivity index (χ1) is 8.17. The molecule has 1 atom stereocenters. The highest BCUT2D eigenvalue weighted by atomic mass is 16.5. The Morgan fingerprint density at radius 3 is 2.88 bits per heavy atom. The van der Waals surface area contributed by atoms with Crippen LogP contribution in [0.2, 0.25) is 0 Å². The van der Waals surface area contributed by atoms with E-state index in [0.717, 1.165) is 0 Å². The van der Waals surface area contributed by atoms with Crippen molar-refractivity contribution in [2.45, 2.75) is 12.8 Å². The summed E-state index contributed by atoms with van der Waals surface area (Å²) in [5.41, 5.74) is 1.24. The summed E-state index contributed by atoms with van der Waals surface area (Å²) < 4.78 is 9.93. The van der Waals surface area contributed by atoms with Gasteiger partial charge in [-0.1, -0.05) is 6.07 Å². The molecule has 1 aliphatic heterocycles. The molecule has 0 saturated carbocycles. The second kappa shape index (κ2) is 4.45. The van der Waals surface area contributed by atoms with Gasteiger partial charge in [-0.2, -0.15) is 0 Å². The second-order valence-electron chi connectivity index (χ2n) is 3.63. The summed E-state index contributed by atoms with van der Waals surface area (Å²) in [5.74, 6) is -1.11. The molecule has 5 nitrogen and oxygen atoms in total. The summed E-state index contributed by atoms with van der Waals surface area (Å²) in [5, 5.41) is 2.64. The molecule has 0 bridgehead atoms. The number of nitrogens with one attached hydrogen (secondary N) is 1. The lowest BCUT2D eigenvalue weighted by atomic mass is 10.0. The third-order valence-electron chi connectivity index (χ3n) is 2.61. The molecule has 1 aromatic rings. The number of rotatable bonds is 3. The van der Waals surface area contributed by atoms with E-state index in [1.165, 1.54) is 0 Å². The zero-order valence-electron chi connectivity index (χ0n) is 9.65. The van der Waals surface area contributed by atoms with Crippen molar-refractivity contribution < 1.29 is 19.1 Å². The first-order valence-electron chi connectivity index (χ1n) is 5.32. The zero-order chi connectivity index (χ0) is 12.4. The Labute approximate surface area is 98.7 Å². The average Bonchev–Trinajstić information content (AvgIpc) is 2.64. The van der Waals surface area contributed by atoms with Crippen molar-refractivity contribution >= 4 is 17.6 Å². The standard InChI is InChI=1S/C12H13NO4/c1-3-17-12(15)10-8-5-4-7(16-2)6-9(8)13-11(10)14/h4-6,10H,3H2,1-2H3,(H,13,14). The lowest BCUT2D eigenvalue weighted by molar-refractivity contribution is -0.147. The number of methoxy groups -OCH3 is 1. The number of hydrogen-bond acceptors (Lipinski definition) is 4. The highest BCUT2D eigenvalue weighted by Crippen LogP contribution is 2.35. The molecule has 1 unspecified atom stereocenters. The third kappa shape index (κ3) is 1.95. The van der Waals surface area contributed by atoms with Gasteiger partial charge in [0, 0.05) is 11.8 Å². The Balaban J connectivity index is 2.34. The summed E-state index contributed by atoms with van der Waals surface area (Å²) in [6.45, 7) is 1.97. The van der Waals surface area contributed by atoms with Crippen LogP contribution >= 0.6 is 0 Å². The van der Waals surface area contributed by atoms with Crippen LogP contribution in [0.15, 0.2) is 18.2 Å². The highest BCUT2D eigenvalue weighted by molar-refractivity contribution is 6.15.